The van der Waals surface area contributed by atoms with Crippen molar-refractivity contribution in [1.29, 1.82) is 0 Å². The van der Waals surface area contributed by atoms with Crippen molar-refractivity contribution in [2.24, 2.45) is 5.92 Å². The molecular weight excluding hydrogens is 218 g/mol. The van der Waals surface area contributed by atoms with Gasteiger partial charge < -0.3 is 10.1 Å². The molecule has 1 aromatic heterocycles. The Labute approximate surface area is 102 Å². The fourth-order valence-electron chi connectivity index (χ4n) is 2.26. The molecule has 3 heteroatoms. The Hall–Kier alpha value is -0.380. The Kier molecular flexibility index (Phi) is 4.82. The molecule has 0 amide bonds. The van der Waals surface area contributed by atoms with E-state index in [-0.39, 0.29) is 0 Å². The minimum atomic E-state index is 0.627. The lowest BCUT2D eigenvalue weighted by Gasteiger charge is -2.28. The van der Waals surface area contributed by atoms with E-state index in [1.54, 1.807) is 11.3 Å². The Morgan fingerprint density at radius 2 is 2.31 bits per heavy atom. The molecule has 0 aliphatic carbocycles. The highest BCUT2D eigenvalue weighted by molar-refractivity contribution is 7.07. The number of thiophene rings is 1. The first-order chi connectivity index (χ1) is 7.86. The third kappa shape index (κ3) is 3.58. The van der Waals surface area contributed by atoms with Crippen LogP contribution in [0, 0.1) is 5.92 Å². The molecule has 1 aliphatic rings. The number of rotatable bonds is 5. The van der Waals surface area contributed by atoms with E-state index in [2.05, 4.69) is 29.1 Å². The summed E-state index contributed by atoms with van der Waals surface area (Å²) in [6, 6.07) is 2.84. The molecule has 1 saturated heterocycles. The van der Waals surface area contributed by atoms with Crippen LogP contribution < -0.4 is 5.32 Å². The summed E-state index contributed by atoms with van der Waals surface area (Å²) < 4.78 is 5.39. The van der Waals surface area contributed by atoms with E-state index < -0.39 is 0 Å². The Bertz CT molecular complexity index is 280. The van der Waals surface area contributed by atoms with Crippen LogP contribution in [-0.4, -0.2) is 25.8 Å². The molecule has 0 bridgehead atoms. The Morgan fingerprint density at radius 3 is 3.00 bits per heavy atom. The normalized spacial score (nSPS) is 19.8. The lowest BCUT2D eigenvalue weighted by Crippen LogP contribution is -2.37. The zero-order chi connectivity index (χ0) is 11.2. The van der Waals surface area contributed by atoms with Crippen LogP contribution in [0.3, 0.4) is 0 Å². The van der Waals surface area contributed by atoms with Gasteiger partial charge in [-0.05, 0) is 61.0 Å². The second-order valence-corrected chi connectivity index (χ2v) is 5.35. The second-order valence-electron chi connectivity index (χ2n) is 4.57. The number of ether oxygens (including phenoxy) is 1. The molecule has 90 valence electrons. The third-order valence-electron chi connectivity index (χ3n) is 3.43. The van der Waals surface area contributed by atoms with Crippen LogP contribution in [-0.2, 0) is 11.2 Å². The van der Waals surface area contributed by atoms with Gasteiger partial charge in [0.1, 0.15) is 0 Å². The summed E-state index contributed by atoms with van der Waals surface area (Å²) >= 11 is 1.78. The van der Waals surface area contributed by atoms with Gasteiger partial charge in [-0.3, -0.25) is 0 Å². The summed E-state index contributed by atoms with van der Waals surface area (Å²) in [5.74, 6) is 0.802. The average Bonchev–Trinajstić information content (AvgIpc) is 2.83. The van der Waals surface area contributed by atoms with Gasteiger partial charge in [0.2, 0.25) is 0 Å². The maximum Gasteiger partial charge on any atom is 0.0469 e. The lowest BCUT2D eigenvalue weighted by atomic mass is 9.93. The van der Waals surface area contributed by atoms with Crippen LogP contribution in [0.5, 0.6) is 0 Å². The van der Waals surface area contributed by atoms with E-state index in [9.17, 15) is 0 Å². The zero-order valence-electron chi connectivity index (χ0n) is 9.95. The van der Waals surface area contributed by atoms with Gasteiger partial charge >= 0.3 is 0 Å². The topological polar surface area (TPSA) is 21.3 Å². The third-order valence-corrected chi connectivity index (χ3v) is 4.17. The molecule has 1 aromatic rings. The monoisotopic (exact) mass is 239 g/mol. The van der Waals surface area contributed by atoms with Crippen molar-refractivity contribution in [2.45, 2.75) is 32.2 Å². The molecular formula is C13H21NOS. The summed E-state index contributed by atoms with van der Waals surface area (Å²) in [4.78, 5) is 0. The van der Waals surface area contributed by atoms with E-state index >= 15 is 0 Å². The van der Waals surface area contributed by atoms with Gasteiger partial charge in [0.15, 0.2) is 0 Å². The highest BCUT2D eigenvalue weighted by atomic mass is 32.1. The molecule has 1 atom stereocenters. The fraction of sp³-hybridized carbons (Fsp3) is 0.692. The van der Waals surface area contributed by atoms with Gasteiger partial charge in [-0.15, -0.1) is 0 Å². The predicted molar refractivity (Wildman–Crippen MR) is 69.0 cm³/mol. The minimum Gasteiger partial charge on any atom is -0.381 e. The van der Waals surface area contributed by atoms with E-state index in [1.807, 2.05) is 0 Å². The summed E-state index contributed by atoms with van der Waals surface area (Å²) in [7, 11) is 0. The van der Waals surface area contributed by atoms with Crippen molar-refractivity contribution in [3.05, 3.63) is 22.4 Å². The molecule has 1 fully saturated rings. The van der Waals surface area contributed by atoms with Crippen LogP contribution in [0.1, 0.15) is 25.3 Å². The Balaban J connectivity index is 1.65. The van der Waals surface area contributed by atoms with Gasteiger partial charge in [-0.25, -0.2) is 0 Å². The highest BCUT2D eigenvalue weighted by Crippen LogP contribution is 2.18. The molecule has 2 rings (SSSR count). The molecule has 1 N–H and O–H groups in total. The molecule has 0 saturated carbocycles. The van der Waals surface area contributed by atoms with E-state index in [4.69, 9.17) is 4.74 Å². The first-order valence-electron chi connectivity index (χ1n) is 6.18. The fourth-order valence-corrected chi connectivity index (χ4v) is 2.96. The second kappa shape index (κ2) is 6.38. The van der Waals surface area contributed by atoms with Crippen LogP contribution >= 0.6 is 11.3 Å². The summed E-state index contributed by atoms with van der Waals surface area (Å²) in [6.45, 7) is 5.29. The van der Waals surface area contributed by atoms with Crippen molar-refractivity contribution >= 4 is 11.3 Å². The van der Waals surface area contributed by atoms with Crippen LogP contribution in [0.2, 0.25) is 0 Å². The molecule has 0 spiro atoms. The largest absolute Gasteiger partial charge is 0.381 e. The first kappa shape index (κ1) is 12.1. The maximum atomic E-state index is 5.39. The molecule has 2 heterocycles. The highest BCUT2D eigenvalue weighted by Gasteiger charge is 2.19. The summed E-state index contributed by atoms with van der Waals surface area (Å²) in [6.07, 6.45) is 3.58. The molecule has 0 radical (unpaired) electrons. The van der Waals surface area contributed by atoms with Gasteiger partial charge in [0, 0.05) is 19.3 Å². The Morgan fingerprint density at radius 1 is 1.50 bits per heavy atom. The van der Waals surface area contributed by atoms with Gasteiger partial charge in [0.05, 0.1) is 0 Å². The molecule has 1 unspecified atom stereocenters. The predicted octanol–water partition coefficient (Wildman–Crippen LogP) is 2.70. The summed E-state index contributed by atoms with van der Waals surface area (Å²) in [5.41, 5.74) is 1.46. The SMILES string of the molecule is CC(NCCc1ccsc1)C1CCOCC1. The lowest BCUT2D eigenvalue weighted by molar-refractivity contribution is 0.0561. The number of hydrogen-bond donors (Lipinski definition) is 1. The minimum absolute atomic E-state index is 0.627. The van der Waals surface area contributed by atoms with Gasteiger partial charge in [0.25, 0.3) is 0 Å². The van der Waals surface area contributed by atoms with E-state index in [0.717, 1.165) is 32.1 Å². The summed E-state index contributed by atoms with van der Waals surface area (Å²) in [5, 5.41) is 8.03. The molecule has 0 aromatic carbocycles. The van der Waals surface area contributed by atoms with Crippen molar-refractivity contribution in [1.82, 2.24) is 5.32 Å². The molecule has 16 heavy (non-hydrogen) atoms. The number of hydrogen-bond acceptors (Lipinski definition) is 3. The van der Waals surface area contributed by atoms with Crippen LogP contribution in [0.4, 0.5) is 0 Å². The molecule has 2 nitrogen and oxygen atoms in total. The van der Waals surface area contributed by atoms with Crippen LogP contribution in [0.15, 0.2) is 16.8 Å². The quantitative estimate of drug-likeness (QED) is 0.853. The standard InChI is InChI=1S/C13H21NOS/c1-11(13-3-7-15-8-4-13)14-6-2-12-5-9-16-10-12/h5,9-11,13-14H,2-4,6-8H2,1H3. The van der Waals surface area contributed by atoms with Gasteiger partial charge in [-0.2, -0.15) is 11.3 Å². The van der Waals surface area contributed by atoms with Gasteiger partial charge in [-0.1, -0.05) is 0 Å². The van der Waals surface area contributed by atoms with Crippen molar-refractivity contribution < 1.29 is 4.74 Å². The van der Waals surface area contributed by atoms with Crippen molar-refractivity contribution in [3.63, 3.8) is 0 Å². The van der Waals surface area contributed by atoms with Crippen molar-refractivity contribution in [3.8, 4) is 0 Å². The molecule has 1 aliphatic heterocycles. The van der Waals surface area contributed by atoms with Crippen molar-refractivity contribution in [2.75, 3.05) is 19.8 Å². The first-order valence-corrected chi connectivity index (χ1v) is 7.13. The van der Waals surface area contributed by atoms with E-state index in [1.165, 1.54) is 18.4 Å². The van der Waals surface area contributed by atoms with E-state index in [0.29, 0.717) is 6.04 Å². The van der Waals surface area contributed by atoms with Crippen LogP contribution in [0.25, 0.3) is 0 Å². The smallest absolute Gasteiger partial charge is 0.0469 e. The number of nitrogens with one attached hydrogen (secondary N) is 1. The average molecular weight is 239 g/mol. The zero-order valence-corrected chi connectivity index (χ0v) is 10.8. The maximum absolute atomic E-state index is 5.39.